The largest absolute Gasteiger partial charge is 0.494 e. The van der Waals surface area contributed by atoms with Crippen molar-refractivity contribution in [1.29, 1.82) is 0 Å². The standard InChI is InChI=1S/C30H36N6O3S.BrH/c1-2-3-6-15-39-25-11-13-26(14-12-25)40(37,38)30-28-24(19-36-33-20-32-35-36)17-27(34-28)29(30)31-18-21-9-10-22-7-4-5-8-23(22)16-21;/h4-5,7-14,16,20,24,27-31,34H,2-3,6,15,17-19H2,1H3;1H/t24-,27-,28+,29-,30-;/m1./s1. The third-order valence-corrected chi connectivity index (χ3v) is 10.5. The number of aromatic nitrogens is 4. The molecule has 2 fully saturated rings. The minimum atomic E-state index is -3.66. The van der Waals surface area contributed by atoms with E-state index in [0.29, 0.717) is 30.3 Å². The Morgan fingerprint density at radius 2 is 1.85 bits per heavy atom. The maximum absolute atomic E-state index is 14.2. The molecule has 9 nitrogen and oxygen atoms in total. The first kappa shape index (κ1) is 29.6. The van der Waals surface area contributed by atoms with Crippen molar-refractivity contribution in [2.24, 2.45) is 5.92 Å². The summed E-state index contributed by atoms with van der Waals surface area (Å²) in [6, 6.07) is 21.2. The molecule has 41 heavy (non-hydrogen) atoms. The Balaban J connectivity index is 0.00000337. The Labute approximate surface area is 251 Å². The number of halogens is 1. The van der Waals surface area contributed by atoms with Gasteiger partial charge < -0.3 is 15.4 Å². The number of unbranched alkanes of at least 4 members (excludes halogenated alkanes) is 2. The fraction of sp³-hybridized carbons (Fsp3) is 0.433. The number of sulfone groups is 1. The fourth-order valence-electron chi connectivity index (χ4n) is 6.31. The summed E-state index contributed by atoms with van der Waals surface area (Å²) in [7, 11) is -3.66. The van der Waals surface area contributed by atoms with Crippen LogP contribution in [0.15, 0.2) is 78.0 Å². The van der Waals surface area contributed by atoms with Crippen LogP contribution >= 0.6 is 17.0 Å². The first-order valence-electron chi connectivity index (χ1n) is 14.2. The molecule has 0 saturated carbocycles. The average Bonchev–Trinajstić information content (AvgIpc) is 3.72. The van der Waals surface area contributed by atoms with Crippen molar-refractivity contribution < 1.29 is 13.2 Å². The Morgan fingerprint density at radius 3 is 2.61 bits per heavy atom. The monoisotopic (exact) mass is 640 g/mol. The summed E-state index contributed by atoms with van der Waals surface area (Å²) in [5.74, 6) is 0.779. The van der Waals surface area contributed by atoms with Crippen LogP contribution in [0.25, 0.3) is 10.8 Å². The topological polar surface area (TPSA) is 111 Å². The van der Waals surface area contributed by atoms with Crippen LogP contribution in [-0.2, 0) is 22.9 Å². The summed E-state index contributed by atoms with van der Waals surface area (Å²) < 4.78 is 34.2. The number of fused-ring (bicyclic) bond motifs is 3. The van der Waals surface area contributed by atoms with E-state index in [-0.39, 0.29) is 41.0 Å². The lowest BCUT2D eigenvalue weighted by Crippen LogP contribution is -2.53. The number of nitrogens with one attached hydrogen (secondary N) is 2. The maximum atomic E-state index is 14.2. The highest BCUT2D eigenvalue weighted by atomic mass is 79.9. The van der Waals surface area contributed by atoms with E-state index in [4.69, 9.17) is 4.74 Å². The molecule has 11 heteroatoms. The highest BCUT2D eigenvalue weighted by molar-refractivity contribution is 8.93. The van der Waals surface area contributed by atoms with Crippen LogP contribution in [0.4, 0.5) is 0 Å². The van der Waals surface area contributed by atoms with Gasteiger partial charge in [-0.3, -0.25) is 0 Å². The van der Waals surface area contributed by atoms with E-state index in [9.17, 15) is 8.42 Å². The molecule has 2 aliphatic rings. The van der Waals surface area contributed by atoms with Crippen LogP contribution in [-0.4, -0.2) is 58.6 Å². The van der Waals surface area contributed by atoms with Crippen LogP contribution < -0.4 is 15.4 Å². The second-order valence-electron chi connectivity index (χ2n) is 10.9. The summed E-state index contributed by atoms with van der Waals surface area (Å²) in [6.45, 7) is 3.91. The molecule has 6 rings (SSSR count). The molecule has 3 heterocycles. The zero-order chi connectivity index (χ0) is 27.5. The SMILES string of the molecule is Br.CCCCCOc1ccc(S(=O)(=O)[C@@H]2[C@H]3N[C@H](C[C@@H]3Cn3ncnn3)[C@H]2NCc2ccc3ccccc3c2)cc1. The van der Waals surface area contributed by atoms with Gasteiger partial charge in [-0.15, -0.1) is 27.2 Å². The van der Waals surface area contributed by atoms with Gasteiger partial charge in [0.05, 0.1) is 23.3 Å². The second kappa shape index (κ2) is 13.0. The second-order valence-corrected chi connectivity index (χ2v) is 13.0. The van der Waals surface area contributed by atoms with Gasteiger partial charge in [0, 0.05) is 24.7 Å². The molecule has 5 atom stereocenters. The van der Waals surface area contributed by atoms with E-state index in [1.807, 2.05) is 12.1 Å². The number of tetrazole rings is 1. The molecular weight excluding hydrogens is 604 g/mol. The van der Waals surface area contributed by atoms with Gasteiger partial charge in [-0.2, -0.15) is 4.80 Å². The van der Waals surface area contributed by atoms with Gasteiger partial charge in [-0.1, -0.05) is 56.2 Å². The molecule has 0 aliphatic carbocycles. The molecule has 0 spiro atoms. The number of hydrogen-bond donors (Lipinski definition) is 2. The van der Waals surface area contributed by atoms with Crippen molar-refractivity contribution in [1.82, 2.24) is 30.8 Å². The Kier molecular flexibility index (Phi) is 9.38. The van der Waals surface area contributed by atoms with Crippen LogP contribution in [0, 0.1) is 5.92 Å². The normalized spacial score (nSPS) is 23.5. The number of nitrogens with zero attached hydrogens (tertiary/aromatic N) is 4. The van der Waals surface area contributed by atoms with E-state index >= 15 is 0 Å². The van der Waals surface area contributed by atoms with E-state index in [1.165, 1.54) is 17.1 Å². The molecule has 4 aromatic rings. The molecule has 0 amide bonds. The zero-order valence-electron chi connectivity index (χ0n) is 23.1. The number of rotatable bonds is 12. The van der Waals surface area contributed by atoms with Crippen molar-refractivity contribution in [3.8, 4) is 5.75 Å². The molecule has 2 N–H and O–H groups in total. The van der Waals surface area contributed by atoms with E-state index < -0.39 is 15.1 Å². The third-order valence-electron chi connectivity index (χ3n) is 8.28. The minimum absolute atomic E-state index is 0. The first-order chi connectivity index (χ1) is 19.5. The van der Waals surface area contributed by atoms with Crippen molar-refractivity contribution in [2.45, 2.75) is 74.0 Å². The number of benzene rings is 3. The Morgan fingerprint density at radius 1 is 1.05 bits per heavy atom. The molecule has 218 valence electrons. The fourth-order valence-corrected chi connectivity index (χ4v) is 8.50. The molecule has 3 aromatic carbocycles. The lowest BCUT2D eigenvalue weighted by atomic mass is 9.85. The van der Waals surface area contributed by atoms with Crippen molar-refractivity contribution in [3.63, 3.8) is 0 Å². The molecule has 2 aliphatic heterocycles. The molecular formula is C30H37BrN6O3S. The van der Waals surface area contributed by atoms with E-state index in [2.05, 4.69) is 63.3 Å². The summed E-state index contributed by atoms with van der Waals surface area (Å²) in [5, 5.41) is 21.0. The van der Waals surface area contributed by atoms with Gasteiger partial charge in [-0.25, -0.2) is 8.42 Å². The molecule has 0 unspecified atom stereocenters. The summed E-state index contributed by atoms with van der Waals surface area (Å²) >= 11 is 0. The van der Waals surface area contributed by atoms with Crippen molar-refractivity contribution in [3.05, 3.63) is 78.6 Å². The van der Waals surface area contributed by atoms with Crippen LogP contribution in [0.3, 0.4) is 0 Å². The van der Waals surface area contributed by atoms with Crippen molar-refractivity contribution in [2.75, 3.05) is 6.61 Å². The molecule has 2 saturated heterocycles. The average molecular weight is 642 g/mol. The number of ether oxygens (including phenoxy) is 1. The van der Waals surface area contributed by atoms with Gasteiger partial charge in [0.2, 0.25) is 0 Å². The van der Waals surface area contributed by atoms with Gasteiger partial charge in [0.1, 0.15) is 5.75 Å². The van der Waals surface area contributed by atoms with Crippen molar-refractivity contribution >= 4 is 37.6 Å². The van der Waals surface area contributed by atoms with Crippen LogP contribution in [0.2, 0.25) is 0 Å². The van der Waals surface area contributed by atoms with Gasteiger partial charge >= 0.3 is 0 Å². The van der Waals surface area contributed by atoms with E-state index in [0.717, 1.165) is 31.2 Å². The van der Waals surface area contributed by atoms with Crippen LogP contribution in [0.1, 0.15) is 38.2 Å². The van der Waals surface area contributed by atoms with Crippen LogP contribution in [0.5, 0.6) is 5.75 Å². The zero-order valence-corrected chi connectivity index (χ0v) is 25.6. The quantitative estimate of drug-likeness (QED) is 0.220. The van der Waals surface area contributed by atoms with Gasteiger partial charge in [0.25, 0.3) is 0 Å². The molecule has 1 aromatic heterocycles. The lowest BCUT2D eigenvalue weighted by Gasteiger charge is -2.34. The van der Waals surface area contributed by atoms with E-state index in [1.54, 1.807) is 29.1 Å². The van der Waals surface area contributed by atoms with Gasteiger partial charge in [-0.05, 0) is 70.6 Å². The highest BCUT2D eigenvalue weighted by Crippen LogP contribution is 2.40. The minimum Gasteiger partial charge on any atom is -0.494 e. The predicted molar refractivity (Wildman–Crippen MR) is 164 cm³/mol. The number of hydrogen-bond acceptors (Lipinski definition) is 8. The smallest absolute Gasteiger partial charge is 0.184 e. The summed E-state index contributed by atoms with van der Waals surface area (Å²) in [4.78, 5) is 1.88. The highest BCUT2D eigenvalue weighted by Gasteiger charge is 2.57. The lowest BCUT2D eigenvalue weighted by molar-refractivity contribution is 0.289. The Hall–Kier alpha value is -2.86. The first-order valence-corrected chi connectivity index (χ1v) is 15.7. The van der Waals surface area contributed by atoms with Gasteiger partial charge in [0.15, 0.2) is 16.2 Å². The third kappa shape index (κ3) is 6.33. The Bertz CT molecular complexity index is 1530. The molecule has 2 bridgehead atoms. The summed E-state index contributed by atoms with van der Waals surface area (Å²) in [6.07, 6.45) is 5.48. The predicted octanol–water partition coefficient (Wildman–Crippen LogP) is 4.33. The summed E-state index contributed by atoms with van der Waals surface area (Å²) in [5.41, 5.74) is 1.13. The maximum Gasteiger partial charge on any atom is 0.184 e. The molecule has 0 radical (unpaired) electrons.